The first-order valence-electron chi connectivity index (χ1n) is 7.74. The predicted molar refractivity (Wildman–Crippen MR) is 92.0 cm³/mol. The molecule has 0 fully saturated rings. The Bertz CT molecular complexity index is 603. The molecule has 0 aliphatic rings. The zero-order valence-electron chi connectivity index (χ0n) is 14.2. The van der Waals surface area contributed by atoms with Crippen molar-refractivity contribution in [3.05, 3.63) is 34.9 Å². The van der Waals surface area contributed by atoms with Gasteiger partial charge < -0.3 is 15.3 Å². The second-order valence-electron chi connectivity index (χ2n) is 5.81. The molecule has 2 amide bonds. The topological polar surface area (TPSA) is 86.7 Å². The van der Waals surface area contributed by atoms with Gasteiger partial charge in [0.25, 0.3) is 5.91 Å². The largest absolute Gasteiger partial charge is 0.480 e. The lowest BCUT2D eigenvalue weighted by Gasteiger charge is -2.30. The van der Waals surface area contributed by atoms with E-state index in [2.05, 4.69) is 5.32 Å². The SMILES string of the molecule is CCC(C)C(NC(=O)c1ccc(Cl)cc1)C(=O)N(C)C(C)C(=O)O. The molecule has 0 aromatic heterocycles. The average molecular weight is 355 g/mol. The van der Waals surface area contributed by atoms with Crippen LogP contribution in [0.4, 0.5) is 0 Å². The van der Waals surface area contributed by atoms with E-state index in [4.69, 9.17) is 16.7 Å². The lowest BCUT2D eigenvalue weighted by atomic mass is 9.97. The highest BCUT2D eigenvalue weighted by atomic mass is 35.5. The number of amides is 2. The van der Waals surface area contributed by atoms with Crippen LogP contribution in [0.25, 0.3) is 0 Å². The third-order valence-corrected chi connectivity index (χ3v) is 4.41. The van der Waals surface area contributed by atoms with Gasteiger partial charge in [-0.25, -0.2) is 4.79 Å². The minimum absolute atomic E-state index is 0.141. The van der Waals surface area contributed by atoms with Crippen molar-refractivity contribution >= 4 is 29.4 Å². The lowest BCUT2D eigenvalue weighted by Crippen LogP contribution is -2.54. The Kier molecular flexibility index (Phi) is 7.22. The molecule has 6 nitrogen and oxygen atoms in total. The summed E-state index contributed by atoms with van der Waals surface area (Å²) in [5.41, 5.74) is 0.384. The number of carbonyl (C=O) groups excluding carboxylic acids is 2. The number of rotatable bonds is 7. The molecule has 3 unspecified atom stereocenters. The van der Waals surface area contributed by atoms with Crippen molar-refractivity contribution < 1.29 is 19.5 Å². The van der Waals surface area contributed by atoms with Gasteiger partial charge in [0.1, 0.15) is 12.1 Å². The number of halogens is 1. The maximum atomic E-state index is 12.6. The van der Waals surface area contributed by atoms with Gasteiger partial charge >= 0.3 is 5.97 Å². The molecule has 0 bridgehead atoms. The Hall–Kier alpha value is -2.08. The molecule has 0 aliphatic carbocycles. The highest BCUT2D eigenvalue weighted by Gasteiger charge is 2.32. The van der Waals surface area contributed by atoms with Crippen molar-refractivity contribution in [3.8, 4) is 0 Å². The van der Waals surface area contributed by atoms with Crippen molar-refractivity contribution in [2.45, 2.75) is 39.3 Å². The van der Waals surface area contributed by atoms with Crippen LogP contribution in [0.5, 0.6) is 0 Å². The molecule has 132 valence electrons. The maximum Gasteiger partial charge on any atom is 0.326 e. The summed E-state index contributed by atoms with van der Waals surface area (Å²) in [6, 6.07) is 4.55. The van der Waals surface area contributed by atoms with E-state index in [0.717, 1.165) is 4.90 Å². The first kappa shape index (κ1) is 20.0. The molecule has 2 N–H and O–H groups in total. The number of nitrogens with zero attached hydrogens (tertiary/aromatic N) is 1. The molecule has 0 aliphatic heterocycles. The number of nitrogens with one attached hydrogen (secondary N) is 1. The average Bonchev–Trinajstić information content (AvgIpc) is 2.57. The molecule has 0 heterocycles. The summed E-state index contributed by atoms with van der Waals surface area (Å²) in [5, 5.41) is 12.3. The van der Waals surface area contributed by atoms with E-state index in [0.29, 0.717) is 17.0 Å². The van der Waals surface area contributed by atoms with Gasteiger partial charge in [-0.15, -0.1) is 0 Å². The lowest BCUT2D eigenvalue weighted by molar-refractivity contribution is -0.149. The Morgan fingerprint density at radius 3 is 2.21 bits per heavy atom. The van der Waals surface area contributed by atoms with Crippen LogP contribution in [-0.4, -0.2) is 46.9 Å². The highest BCUT2D eigenvalue weighted by molar-refractivity contribution is 6.30. The molecule has 0 saturated heterocycles. The monoisotopic (exact) mass is 354 g/mol. The molecule has 1 aromatic rings. The van der Waals surface area contributed by atoms with Gasteiger partial charge in [-0.1, -0.05) is 31.9 Å². The van der Waals surface area contributed by atoms with E-state index in [1.165, 1.54) is 14.0 Å². The second kappa shape index (κ2) is 8.68. The molecule has 0 spiro atoms. The van der Waals surface area contributed by atoms with Gasteiger partial charge in [-0.2, -0.15) is 0 Å². The number of hydrogen-bond acceptors (Lipinski definition) is 3. The van der Waals surface area contributed by atoms with E-state index >= 15 is 0 Å². The van der Waals surface area contributed by atoms with Crippen LogP contribution < -0.4 is 5.32 Å². The van der Waals surface area contributed by atoms with Gasteiger partial charge in [0.15, 0.2) is 0 Å². The summed E-state index contributed by atoms with van der Waals surface area (Å²) in [5.74, 6) is -2.07. The Balaban J connectivity index is 2.96. The fourth-order valence-electron chi connectivity index (χ4n) is 2.08. The molecule has 1 rings (SSSR count). The number of hydrogen-bond donors (Lipinski definition) is 2. The number of carbonyl (C=O) groups is 3. The van der Waals surface area contributed by atoms with Gasteiger partial charge in [0.2, 0.25) is 5.91 Å². The molecular formula is C17H23ClN2O4. The van der Waals surface area contributed by atoms with Crippen molar-refractivity contribution in [1.82, 2.24) is 10.2 Å². The van der Waals surface area contributed by atoms with Gasteiger partial charge in [-0.05, 0) is 37.1 Å². The van der Waals surface area contributed by atoms with Crippen LogP contribution in [-0.2, 0) is 9.59 Å². The Morgan fingerprint density at radius 1 is 1.21 bits per heavy atom. The van der Waals surface area contributed by atoms with Gasteiger partial charge in [0, 0.05) is 17.6 Å². The van der Waals surface area contributed by atoms with Crippen molar-refractivity contribution in [1.29, 1.82) is 0 Å². The summed E-state index contributed by atoms with van der Waals surface area (Å²) in [7, 11) is 1.42. The minimum Gasteiger partial charge on any atom is -0.480 e. The number of carboxylic acid groups (broad SMARTS) is 1. The molecule has 1 aromatic carbocycles. The number of aliphatic carboxylic acids is 1. The molecule has 7 heteroatoms. The molecule has 3 atom stereocenters. The van der Waals surface area contributed by atoms with E-state index in [-0.39, 0.29) is 5.92 Å². The van der Waals surface area contributed by atoms with Crippen molar-refractivity contribution in [2.24, 2.45) is 5.92 Å². The second-order valence-corrected chi connectivity index (χ2v) is 6.24. The first-order valence-corrected chi connectivity index (χ1v) is 8.12. The van der Waals surface area contributed by atoms with Crippen LogP contribution >= 0.6 is 11.6 Å². The Labute approximate surface area is 146 Å². The summed E-state index contributed by atoms with van der Waals surface area (Å²) in [6.07, 6.45) is 0.659. The minimum atomic E-state index is -1.10. The number of benzene rings is 1. The van der Waals surface area contributed by atoms with E-state index in [9.17, 15) is 14.4 Å². The highest BCUT2D eigenvalue weighted by Crippen LogP contribution is 2.14. The summed E-state index contributed by atoms with van der Waals surface area (Å²) >= 11 is 5.80. The van der Waals surface area contributed by atoms with Gasteiger partial charge in [0.05, 0.1) is 0 Å². The van der Waals surface area contributed by atoms with Crippen LogP contribution in [0.1, 0.15) is 37.6 Å². The summed E-state index contributed by atoms with van der Waals surface area (Å²) in [4.78, 5) is 37.2. The van der Waals surface area contributed by atoms with E-state index in [1.54, 1.807) is 24.3 Å². The quantitative estimate of drug-likeness (QED) is 0.787. The third kappa shape index (κ3) is 4.96. The van der Waals surface area contributed by atoms with Crippen LogP contribution in [0.15, 0.2) is 24.3 Å². The Morgan fingerprint density at radius 2 is 1.75 bits per heavy atom. The fraction of sp³-hybridized carbons (Fsp3) is 0.471. The molecule has 0 radical (unpaired) electrons. The van der Waals surface area contributed by atoms with Crippen LogP contribution in [0.3, 0.4) is 0 Å². The third-order valence-electron chi connectivity index (χ3n) is 4.16. The maximum absolute atomic E-state index is 12.6. The summed E-state index contributed by atoms with van der Waals surface area (Å²) < 4.78 is 0. The molecule has 0 saturated carbocycles. The molecular weight excluding hydrogens is 332 g/mol. The first-order chi connectivity index (χ1) is 11.2. The van der Waals surface area contributed by atoms with Crippen LogP contribution in [0.2, 0.25) is 5.02 Å². The number of likely N-dealkylation sites (N-methyl/N-ethyl adjacent to an activating group) is 1. The van der Waals surface area contributed by atoms with Crippen molar-refractivity contribution in [3.63, 3.8) is 0 Å². The zero-order chi connectivity index (χ0) is 18.4. The fourth-order valence-corrected chi connectivity index (χ4v) is 2.21. The van der Waals surface area contributed by atoms with E-state index < -0.39 is 29.9 Å². The number of carboxylic acids is 1. The summed E-state index contributed by atoms with van der Waals surface area (Å²) in [6.45, 7) is 5.17. The zero-order valence-corrected chi connectivity index (χ0v) is 15.0. The van der Waals surface area contributed by atoms with Gasteiger partial charge in [-0.3, -0.25) is 9.59 Å². The van der Waals surface area contributed by atoms with Crippen LogP contribution in [0, 0.1) is 5.92 Å². The standard InChI is InChI=1S/C17H23ClN2O4/c1-5-10(2)14(16(22)20(4)11(3)17(23)24)19-15(21)12-6-8-13(18)9-7-12/h6-11,14H,5H2,1-4H3,(H,19,21)(H,23,24). The van der Waals surface area contributed by atoms with Crippen molar-refractivity contribution in [2.75, 3.05) is 7.05 Å². The van der Waals surface area contributed by atoms with E-state index in [1.807, 2.05) is 13.8 Å². The smallest absolute Gasteiger partial charge is 0.326 e. The predicted octanol–water partition coefficient (Wildman–Crippen LogP) is 2.42. The normalized spacial score (nSPS) is 14.4. The molecule has 24 heavy (non-hydrogen) atoms.